The number of benzene rings is 2. The van der Waals surface area contributed by atoms with Crippen LogP contribution in [-0.4, -0.2) is 43.0 Å². The van der Waals surface area contributed by atoms with E-state index in [9.17, 15) is 14.7 Å². The maximum absolute atomic E-state index is 11.5. The maximum atomic E-state index is 11.5. The minimum atomic E-state index is -0.713. The third kappa shape index (κ3) is 9.54. The van der Waals surface area contributed by atoms with Gasteiger partial charge in [0, 0.05) is 22.5 Å². The van der Waals surface area contributed by atoms with Gasteiger partial charge < -0.3 is 19.3 Å². The minimum Gasteiger partial charge on any atom is -0.493 e. The van der Waals surface area contributed by atoms with Crippen molar-refractivity contribution in [3.63, 3.8) is 0 Å². The molecular formula is C31H40O6. The lowest BCUT2D eigenvalue weighted by molar-refractivity contribution is -0.142. The highest BCUT2D eigenvalue weighted by Crippen LogP contribution is 2.32. The quantitative estimate of drug-likeness (QED) is 0.266. The van der Waals surface area contributed by atoms with Crippen LogP contribution in [0.1, 0.15) is 57.7 Å². The zero-order chi connectivity index (χ0) is 27.6. The van der Waals surface area contributed by atoms with Gasteiger partial charge in [-0.3, -0.25) is 0 Å². The van der Waals surface area contributed by atoms with Gasteiger partial charge in [0.05, 0.1) is 19.3 Å². The maximum Gasteiger partial charge on any atom is 0.333 e. The Bertz CT molecular complexity index is 980. The van der Waals surface area contributed by atoms with Crippen molar-refractivity contribution in [3.8, 4) is 5.75 Å². The second-order valence-electron chi connectivity index (χ2n) is 10.2. The molecule has 0 aliphatic rings. The highest BCUT2D eigenvalue weighted by molar-refractivity contribution is 5.87. The number of aliphatic hydroxyl groups excluding tert-OH is 1. The van der Waals surface area contributed by atoms with Crippen LogP contribution < -0.4 is 4.74 Å². The van der Waals surface area contributed by atoms with Crippen molar-refractivity contribution in [2.24, 2.45) is 5.92 Å². The molecule has 1 N–H and O–H groups in total. The van der Waals surface area contributed by atoms with Gasteiger partial charge in [-0.15, -0.1) is 0 Å². The van der Waals surface area contributed by atoms with Gasteiger partial charge in [0.15, 0.2) is 0 Å². The molecule has 0 spiro atoms. The smallest absolute Gasteiger partial charge is 0.333 e. The summed E-state index contributed by atoms with van der Waals surface area (Å²) in [5.74, 6) is -0.0436. The molecule has 0 amide bonds. The summed E-state index contributed by atoms with van der Waals surface area (Å²) in [7, 11) is 0. The summed E-state index contributed by atoms with van der Waals surface area (Å²) in [5.41, 5.74) is 3.94. The summed E-state index contributed by atoms with van der Waals surface area (Å²) in [6.07, 6.45) is 0.473. The van der Waals surface area contributed by atoms with Gasteiger partial charge in [-0.25, -0.2) is 9.59 Å². The number of hydrogen-bond donors (Lipinski definition) is 1. The number of aliphatic hydroxyl groups is 1. The number of carbonyl (C=O) groups excluding carboxylic acids is 2. The monoisotopic (exact) mass is 508 g/mol. The van der Waals surface area contributed by atoms with Crippen molar-refractivity contribution in [2.75, 3.05) is 19.8 Å². The fourth-order valence-corrected chi connectivity index (χ4v) is 3.56. The van der Waals surface area contributed by atoms with Gasteiger partial charge in [0.25, 0.3) is 0 Å². The molecule has 2 unspecified atom stereocenters. The number of carbonyl (C=O) groups is 2. The van der Waals surface area contributed by atoms with Crippen LogP contribution >= 0.6 is 0 Å². The van der Waals surface area contributed by atoms with Crippen LogP contribution in [0.2, 0.25) is 0 Å². The van der Waals surface area contributed by atoms with Crippen LogP contribution in [0.5, 0.6) is 5.75 Å². The lowest BCUT2D eigenvalue weighted by Crippen LogP contribution is -2.20. The van der Waals surface area contributed by atoms with Crippen LogP contribution in [0.3, 0.4) is 0 Å². The Hall–Kier alpha value is -3.38. The van der Waals surface area contributed by atoms with E-state index in [4.69, 9.17) is 14.2 Å². The lowest BCUT2D eigenvalue weighted by Gasteiger charge is -2.26. The van der Waals surface area contributed by atoms with Gasteiger partial charge in [-0.1, -0.05) is 70.3 Å². The van der Waals surface area contributed by atoms with E-state index in [1.54, 1.807) is 13.8 Å². The molecule has 0 aliphatic heterocycles. The Morgan fingerprint density at radius 3 is 1.84 bits per heavy atom. The molecule has 0 aromatic heterocycles. The molecule has 0 aliphatic carbocycles. The summed E-state index contributed by atoms with van der Waals surface area (Å²) in [6, 6.07) is 16.4. The van der Waals surface area contributed by atoms with Crippen molar-refractivity contribution in [2.45, 2.75) is 59.0 Å². The molecule has 0 fully saturated rings. The molecular weight excluding hydrogens is 468 g/mol. The second-order valence-corrected chi connectivity index (χ2v) is 10.2. The standard InChI is InChI=1S/C31H40O6/c1-21(2)29(33)36-19-23(5)18-35-28-16-13-26(14-17-28)31(6,7)25-11-8-24(9-12-25)10-15-27(32)20-37-30(34)22(3)4/h8-9,11-14,16-17,23,27,32H,1,3,10,15,18-20H2,2,4-7H3. The minimum absolute atomic E-state index is 0.0299. The van der Waals surface area contributed by atoms with E-state index in [-0.39, 0.29) is 30.5 Å². The summed E-state index contributed by atoms with van der Waals surface area (Å²) in [6.45, 7) is 17.3. The van der Waals surface area contributed by atoms with Crippen molar-refractivity contribution in [3.05, 3.63) is 89.5 Å². The van der Waals surface area contributed by atoms with E-state index in [1.165, 1.54) is 5.56 Å². The van der Waals surface area contributed by atoms with Crippen LogP contribution in [-0.2, 0) is 30.9 Å². The Morgan fingerprint density at radius 1 is 0.838 bits per heavy atom. The van der Waals surface area contributed by atoms with Crippen LogP contribution in [0.15, 0.2) is 72.8 Å². The molecule has 37 heavy (non-hydrogen) atoms. The van der Waals surface area contributed by atoms with Crippen LogP contribution in [0.25, 0.3) is 0 Å². The Kier molecular flexibility index (Phi) is 11.1. The molecule has 2 atom stereocenters. The third-order valence-corrected chi connectivity index (χ3v) is 6.16. The average molecular weight is 509 g/mol. The molecule has 2 aromatic carbocycles. The first-order valence-corrected chi connectivity index (χ1v) is 12.6. The first-order valence-electron chi connectivity index (χ1n) is 12.6. The highest BCUT2D eigenvalue weighted by Gasteiger charge is 2.23. The fraction of sp³-hybridized carbons (Fsp3) is 0.419. The number of esters is 2. The van der Waals surface area contributed by atoms with Gasteiger partial charge in [-0.2, -0.15) is 0 Å². The van der Waals surface area contributed by atoms with E-state index in [0.29, 0.717) is 30.6 Å². The summed E-state index contributed by atoms with van der Waals surface area (Å²) in [4.78, 5) is 23.0. The fourth-order valence-electron chi connectivity index (χ4n) is 3.56. The lowest BCUT2D eigenvalue weighted by atomic mass is 9.78. The second kappa shape index (κ2) is 13.8. The predicted molar refractivity (Wildman–Crippen MR) is 146 cm³/mol. The number of aryl methyl sites for hydroxylation is 1. The number of rotatable bonds is 14. The SMILES string of the molecule is C=C(C)C(=O)OCC(C)COc1ccc(C(C)(C)c2ccc(CCC(O)COC(=O)C(=C)C)cc2)cc1. The van der Waals surface area contributed by atoms with Crippen molar-refractivity contribution in [1.29, 1.82) is 0 Å². The molecule has 0 bridgehead atoms. The molecule has 0 saturated heterocycles. The molecule has 2 rings (SSSR count). The molecule has 0 saturated carbocycles. The first-order chi connectivity index (χ1) is 17.4. The average Bonchev–Trinajstić information content (AvgIpc) is 2.88. The van der Waals surface area contributed by atoms with E-state index >= 15 is 0 Å². The molecule has 6 nitrogen and oxygen atoms in total. The summed E-state index contributed by atoms with van der Waals surface area (Å²) in [5, 5.41) is 10.1. The zero-order valence-electron chi connectivity index (χ0n) is 22.7. The topological polar surface area (TPSA) is 82.1 Å². The third-order valence-electron chi connectivity index (χ3n) is 6.16. The largest absolute Gasteiger partial charge is 0.493 e. The van der Waals surface area contributed by atoms with Gasteiger partial charge in [0.2, 0.25) is 0 Å². The molecule has 0 radical (unpaired) electrons. The van der Waals surface area contributed by atoms with E-state index in [1.807, 2.05) is 19.1 Å². The predicted octanol–water partition coefficient (Wildman–Crippen LogP) is 5.56. The van der Waals surface area contributed by atoms with E-state index in [2.05, 4.69) is 63.4 Å². The zero-order valence-corrected chi connectivity index (χ0v) is 22.7. The molecule has 200 valence electrons. The van der Waals surface area contributed by atoms with E-state index < -0.39 is 12.1 Å². The Labute approximate surface area is 221 Å². The molecule has 2 aromatic rings. The number of hydrogen-bond acceptors (Lipinski definition) is 6. The van der Waals surface area contributed by atoms with Crippen molar-refractivity contribution in [1.82, 2.24) is 0 Å². The Morgan fingerprint density at radius 2 is 1.32 bits per heavy atom. The van der Waals surface area contributed by atoms with E-state index in [0.717, 1.165) is 16.9 Å². The van der Waals surface area contributed by atoms with Crippen LogP contribution in [0.4, 0.5) is 0 Å². The molecule has 6 heteroatoms. The normalized spacial score (nSPS) is 12.8. The highest BCUT2D eigenvalue weighted by atomic mass is 16.5. The van der Waals surface area contributed by atoms with Crippen molar-refractivity contribution < 1.29 is 28.9 Å². The van der Waals surface area contributed by atoms with Gasteiger partial charge in [0.1, 0.15) is 12.4 Å². The Balaban J connectivity index is 1.88. The summed E-state index contributed by atoms with van der Waals surface area (Å²) < 4.78 is 16.1. The first kappa shape index (κ1) is 29.8. The summed E-state index contributed by atoms with van der Waals surface area (Å²) >= 11 is 0. The van der Waals surface area contributed by atoms with Crippen molar-refractivity contribution >= 4 is 11.9 Å². The van der Waals surface area contributed by atoms with Crippen LogP contribution in [0, 0.1) is 5.92 Å². The number of ether oxygens (including phenoxy) is 3. The van der Waals surface area contributed by atoms with Gasteiger partial charge in [-0.05, 0) is 55.5 Å². The van der Waals surface area contributed by atoms with Gasteiger partial charge >= 0.3 is 11.9 Å². The molecule has 0 heterocycles.